The number of benzene rings is 2. The maximum atomic E-state index is 13.5. The van der Waals surface area contributed by atoms with Gasteiger partial charge in [-0.25, -0.2) is 9.37 Å². The zero-order chi connectivity index (χ0) is 28.1. The second kappa shape index (κ2) is 10.2. The fourth-order valence-corrected chi connectivity index (χ4v) is 7.29. The van der Waals surface area contributed by atoms with Crippen LogP contribution in [0.4, 0.5) is 4.39 Å². The van der Waals surface area contributed by atoms with Gasteiger partial charge in [-0.1, -0.05) is 42.5 Å². The lowest BCUT2D eigenvalue weighted by molar-refractivity contribution is 0.0821. The molecule has 5 heteroatoms. The third-order valence-corrected chi connectivity index (χ3v) is 9.70. The van der Waals surface area contributed by atoms with Crippen LogP contribution in [0.2, 0.25) is 0 Å². The Hall–Kier alpha value is -3.83. The zero-order valence-electron chi connectivity index (χ0n) is 24.2. The Morgan fingerprint density at radius 1 is 0.878 bits per heavy atom. The van der Waals surface area contributed by atoms with Gasteiger partial charge in [0, 0.05) is 46.1 Å². The maximum Gasteiger partial charge on any atom is 0.141 e. The number of H-pyrrole nitrogens is 1. The monoisotopic (exact) mass is 544 g/mol. The molecule has 0 bridgehead atoms. The minimum Gasteiger partial charge on any atom is -0.346 e. The van der Waals surface area contributed by atoms with Crippen molar-refractivity contribution in [1.29, 1.82) is 0 Å². The number of likely N-dealkylation sites (tertiary alicyclic amines) is 1. The molecule has 2 aromatic carbocycles. The number of aromatic nitrogens is 3. The summed E-state index contributed by atoms with van der Waals surface area (Å²) in [5.74, 6) is -0.311. The van der Waals surface area contributed by atoms with Gasteiger partial charge in [0.2, 0.25) is 0 Å². The van der Waals surface area contributed by atoms with E-state index in [9.17, 15) is 4.39 Å². The number of aromatic amines is 1. The molecule has 2 aliphatic rings. The van der Waals surface area contributed by atoms with Gasteiger partial charge in [-0.2, -0.15) is 0 Å². The number of nitrogens with one attached hydrogen (secondary N) is 1. The molecule has 1 aliphatic carbocycles. The Morgan fingerprint density at radius 2 is 1.63 bits per heavy atom. The highest BCUT2D eigenvalue weighted by Gasteiger charge is 2.38. The molecular formula is C36H37FN4. The molecule has 0 spiro atoms. The van der Waals surface area contributed by atoms with E-state index in [-0.39, 0.29) is 11.4 Å². The van der Waals surface area contributed by atoms with Gasteiger partial charge in [-0.05, 0) is 106 Å². The van der Waals surface area contributed by atoms with Crippen LogP contribution in [0.5, 0.6) is 0 Å². The first kappa shape index (κ1) is 26.1. The highest BCUT2D eigenvalue weighted by molar-refractivity contribution is 5.96. The fraction of sp³-hybridized carbons (Fsp3) is 0.333. The van der Waals surface area contributed by atoms with Crippen molar-refractivity contribution in [3.63, 3.8) is 0 Å². The van der Waals surface area contributed by atoms with Crippen LogP contribution in [-0.2, 0) is 12.8 Å². The first-order valence-corrected chi connectivity index (χ1v) is 15.0. The molecular weight excluding hydrogens is 507 g/mol. The van der Waals surface area contributed by atoms with Crippen LogP contribution in [0.1, 0.15) is 56.2 Å². The predicted molar refractivity (Wildman–Crippen MR) is 165 cm³/mol. The van der Waals surface area contributed by atoms with E-state index in [0.29, 0.717) is 6.04 Å². The summed E-state index contributed by atoms with van der Waals surface area (Å²) >= 11 is 0. The van der Waals surface area contributed by atoms with Crippen LogP contribution in [0, 0.1) is 12.7 Å². The number of fused-ring (bicyclic) bond motifs is 2. The van der Waals surface area contributed by atoms with E-state index in [0.717, 1.165) is 57.4 Å². The summed E-state index contributed by atoms with van der Waals surface area (Å²) in [5, 5.41) is 1.11. The molecule has 1 aliphatic heterocycles. The van der Waals surface area contributed by atoms with Crippen molar-refractivity contribution in [2.45, 2.75) is 70.9 Å². The normalized spacial score (nSPS) is 21.2. The van der Waals surface area contributed by atoms with Crippen molar-refractivity contribution in [1.82, 2.24) is 19.9 Å². The molecule has 0 radical (unpaired) electrons. The van der Waals surface area contributed by atoms with Crippen molar-refractivity contribution < 1.29 is 4.39 Å². The number of hydrogen-bond acceptors (Lipinski definition) is 3. The van der Waals surface area contributed by atoms with Gasteiger partial charge < -0.3 is 4.98 Å². The quantitative estimate of drug-likeness (QED) is 0.231. The topological polar surface area (TPSA) is 44.8 Å². The molecule has 1 fully saturated rings. The van der Waals surface area contributed by atoms with Crippen LogP contribution >= 0.6 is 0 Å². The molecule has 0 unspecified atom stereocenters. The zero-order valence-corrected chi connectivity index (χ0v) is 24.2. The standard InChI is InChI=1S/C36H37FN4/c1-23-17-31(37)21-38-34(23)27-9-7-26(8-10-27)33-22-40-35-32(33)19-30(20-39-35)28-11-6-25-12-14-36(3,15-13-29(25)18-28)41-16-4-5-24(41)2/h6-11,17-22,24H,4-5,12-16H2,1-3H3,(H,39,40)/t24-,36+/m1/s1. The van der Waals surface area contributed by atoms with E-state index < -0.39 is 0 Å². The summed E-state index contributed by atoms with van der Waals surface area (Å²) < 4.78 is 13.5. The van der Waals surface area contributed by atoms with E-state index in [2.05, 4.69) is 77.2 Å². The average molecular weight is 545 g/mol. The van der Waals surface area contributed by atoms with Gasteiger partial charge in [0.15, 0.2) is 0 Å². The molecule has 0 saturated carbocycles. The molecule has 1 N–H and O–H groups in total. The van der Waals surface area contributed by atoms with Crippen LogP contribution in [0.3, 0.4) is 0 Å². The van der Waals surface area contributed by atoms with Crippen molar-refractivity contribution >= 4 is 11.0 Å². The maximum absolute atomic E-state index is 13.5. The molecule has 208 valence electrons. The largest absolute Gasteiger partial charge is 0.346 e. The number of halogens is 1. The molecule has 41 heavy (non-hydrogen) atoms. The summed E-state index contributed by atoms with van der Waals surface area (Å²) in [5.41, 5.74) is 11.4. The molecule has 0 amide bonds. The van der Waals surface area contributed by atoms with Gasteiger partial charge in [-0.3, -0.25) is 9.88 Å². The Kier molecular flexibility index (Phi) is 6.50. The van der Waals surface area contributed by atoms with Crippen molar-refractivity contribution in [2.75, 3.05) is 6.54 Å². The summed E-state index contributed by atoms with van der Waals surface area (Å²) in [7, 11) is 0. The Balaban J connectivity index is 1.17. The predicted octanol–water partition coefficient (Wildman–Crippen LogP) is 8.53. The lowest BCUT2D eigenvalue weighted by Crippen LogP contribution is -2.48. The van der Waals surface area contributed by atoms with Crippen molar-refractivity contribution in [3.8, 4) is 33.5 Å². The third-order valence-electron chi connectivity index (χ3n) is 9.70. The number of nitrogens with zero attached hydrogens (tertiary/aromatic N) is 3. The fourth-order valence-electron chi connectivity index (χ4n) is 7.29. The van der Waals surface area contributed by atoms with Gasteiger partial charge in [-0.15, -0.1) is 0 Å². The minimum absolute atomic E-state index is 0.288. The molecule has 1 saturated heterocycles. The summed E-state index contributed by atoms with van der Waals surface area (Å²) in [6, 6.07) is 19.9. The summed E-state index contributed by atoms with van der Waals surface area (Å²) in [4.78, 5) is 15.2. The lowest BCUT2D eigenvalue weighted by atomic mass is 9.89. The van der Waals surface area contributed by atoms with E-state index >= 15 is 0 Å². The Labute approximate surface area is 241 Å². The van der Waals surface area contributed by atoms with Crippen LogP contribution in [0.25, 0.3) is 44.5 Å². The van der Waals surface area contributed by atoms with Crippen molar-refractivity contribution in [2.24, 2.45) is 0 Å². The molecule has 7 rings (SSSR count). The molecule has 5 aromatic rings. The first-order valence-electron chi connectivity index (χ1n) is 15.0. The highest BCUT2D eigenvalue weighted by atomic mass is 19.1. The van der Waals surface area contributed by atoms with E-state index in [1.165, 1.54) is 61.2 Å². The Bertz CT molecular complexity index is 1740. The summed E-state index contributed by atoms with van der Waals surface area (Å²) in [6.45, 7) is 8.04. The van der Waals surface area contributed by atoms with Crippen LogP contribution in [-0.4, -0.2) is 38.0 Å². The molecule has 4 nitrogen and oxygen atoms in total. The van der Waals surface area contributed by atoms with Crippen LogP contribution in [0.15, 0.2) is 73.2 Å². The number of rotatable bonds is 4. The number of aryl methyl sites for hydroxylation is 3. The van der Waals surface area contributed by atoms with Gasteiger partial charge in [0.1, 0.15) is 11.5 Å². The van der Waals surface area contributed by atoms with E-state index in [1.54, 1.807) is 0 Å². The first-order chi connectivity index (χ1) is 19.9. The highest BCUT2D eigenvalue weighted by Crippen LogP contribution is 2.38. The smallest absolute Gasteiger partial charge is 0.141 e. The van der Waals surface area contributed by atoms with Crippen LogP contribution < -0.4 is 0 Å². The van der Waals surface area contributed by atoms with Gasteiger partial charge in [0.05, 0.1) is 11.9 Å². The molecule has 2 atom stereocenters. The van der Waals surface area contributed by atoms with Gasteiger partial charge >= 0.3 is 0 Å². The van der Waals surface area contributed by atoms with Crippen molar-refractivity contribution in [3.05, 3.63) is 95.7 Å². The second-order valence-electron chi connectivity index (χ2n) is 12.4. The average Bonchev–Trinajstić information content (AvgIpc) is 3.57. The number of pyridine rings is 2. The van der Waals surface area contributed by atoms with E-state index in [4.69, 9.17) is 4.98 Å². The summed E-state index contributed by atoms with van der Waals surface area (Å²) in [6.07, 6.45) is 12.7. The minimum atomic E-state index is -0.311. The Morgan fingerprint density at radius 3 is 2.39 bits per heavy atom. The van der Waals surface area contributed by atoms with E-state index in [1.807, 2.05) is 19.3 Å². The second-order valence-corrected chi connectivity index (χ2v) is 12.4. The van der Waals surface area contributed by atoms with Gasteiger partial charge in [0.25, 0.3) is 0 Å². The molecule has 4 heterocycles. The molecule has 3 aromatic heterocycles. The SMILES string of the molecule is Cc1cc(F)cnc1-c1ccc(-c2c[nH]c3ncc(-c4ccc5c(c4)CC[C@@](C)(N4CCC[C@H]4C)CC5)cc23)cc1. The number of hydrogen-bond donors (Lipinski definition) is 1. The third kappa shape index (κ3) is 4.76. The lowest BCUT2D eigenvalue weighted by Gasteiger charge is -2.41.